The van der Waals surface area contributed by atoms with Crippen LogP contribution in [-0.2, 0) is 9.53 Å². The van der Waals surface area contributed by atoms with Crippen molar-refractivity contribution in [2.75, 3.05) is 12.9 Å². The molecule has 0 saturated carbocycles. The van der Waals surface area contributed by atoms with Crippen molar-refractivity contribution in [3.05, 3.63) is 23.9 Å². The fourth-order valence-electron chi connectivity index (χ4n) is 0.955. The third-order valence-corrected chi connectivity index (χ3v) is 2.71. The van der Waals surface area contributed by atoms with Crippen molar-refractivity contribution in [1.29, 1.82) is 0 Å². The number of aliphatic hydroxyl groups is 1. The van der Waals surface area contributed by atoms with Gasteiger partial charge in [-0.1, -0.05) is 11.8 Å². The zero-order valence-corrected chi connectivity index (χ0v) is 9.45. The summed E-state index contributed by atoms with van der Waals surface area (Å²) in [6, 6.07) is 3.51. The highest BCUT2D eigenvalue weighted by Gasteiger charge is 2.05. The van der Waals surface area contributed by atoms with Gasteiger partial charge < -0.3 is 9.84 Å². The van der Waals surface area contributed by atoms with Gasteiger partial charge in [-0.3, -0.25) is 4.79 Å². The highest BCUT2D eigenvalue weighted by Crippen LogP contribution is 2.19. The van der Waals surface area contributed by atoms with Crippen molar-refractivity contribution in [3.63, 3.8) is 0 Å². The summed E-state index contributed by atoms with van der Waals surface area (Å²) >= 11 is 1.29. The van der Waals surface area contributed by atoms with E-state index in [4.69, 9.17) is 0 Å². The van der Waals surface area contributed by atoms with Crippen molar-refractivity contribution in [2.45, 2.75) is 18.1 Å². The van der Waals surface area contributed by atoms with Crippen molar-refractivity contribution in [1.82, 2.24) is 4.98 Å². The van der Waals surface area contributed by atoms with Crippen molar-refractivity contribution in [3.8, 4) is 0 Å². The number of aromatic nitrogens is 1. The number of hydrogen-bond donors (Lipinski definition) is 1. The van der Waals surface area contributed by atoms with Crippen molar-refractivity contribution in [2.24, 2.45) is 0 Å². The summed E-state index contributed by atoms with van der Waals surface area (Å²) < 4.78 is 4.51. The van der Waals surface area contributed by atoms with E-state index in [1.54, 1.807) is 25.3 Å². The van der Waals surface area contributed by atoms with Crippen LogP contribution in [0.3, 0.4) is 0 Å². The highest BCUT2D eigenvalue weighted by molar-refractivity contribution is 7.99. The third-order valence-electron chi connectivity index (χ3n) is 1.81. The Labute approximate surface area is 92.7 Å². The lowest BCUT2D eigenvalue weighted by molar-refractivity contribution is -0.137. The molecule has 1 N–H and O–H groups in total. The van der Waals surface area contributed by atoms with Gasteiger partial charge in [0, 0.05) is 6.20 Å². The van der Waals surface area contributed by atoms with Gasteiger partial charge in [0.05, 0.1) is 24.0 Å². The van der Waals surface area contributed by atoms with E-state index in [0.29, 0.717) is 5.03 Å². The SMILES string of the molecule is COC(=O)CSc1cc(C(C)O)ccn1. The number of pyridine rings is 1. The molecular formula is C10H13NO3S. The number of esters is 1. The highest BCUT2D eigenvalue weighted by atomic mass is 32.2. The number of carbonyl (C=O) groups excluding carboxylic acids is 1. The summed E-state index contributed by atoms with van der Waals surface area (Å²) in [4.78, 5) is 15.0. The molecule has 1 aromatic heterocycles. The molecular weight excluding hydrogens is 214 g/mol. The number of methoxy groups -OCH3 is 1. The molecule has 0 aromatic carbocycles. The predicted octanol–water partition coefficient (Wildman–Crippen LogP) is 1.40. The van der Waals surface area contributed by atoms with Crippen LogP contribution >= 0.6 is 11.8 Å². The van der Waals surface area contributed by atoms with Gasteiger partial charge in [-0.15, -0.1) is 0 Å². The van der Waals surface area contributed by atoms with E-state index in [9.17, 15) is 9.90 Å². The lowest BCUT2D eigenvalue weighted by Gasteiger charge is -2.05. The number of rotatable bonds is 4. The summed E-state index contributed by atoms with van der Waals surface area (Å²) in [5, 5.41) is 10.1. The van der Waals surface area contributed by atoms with Crippen LogP contribution in [-0.4, -0.2) is 28.9 Å². The minimum Gasteiger partial charge on any atom is -0.468 e. The van der Waals surface area contributed by atoms with E-state index in [-0.39, 0.29) is 11.7 Å². The molecule has 1 aromatic rings. The molecule has 0 spiro atoms. The summed E-state index contributed by atoms with van der Waals surface area (Å²) in [5.41, 5.74) is 0.789. The van der Waals surface area contributed by atoms with E-state index < -0.39 is 6.10 Å². The monoisotopic (exact) mass is 227 g/mol. The van der Waals surface area contributed by atoms with Gasteiger partial charge in [-0.25, -0.2) is 4.98 Å². The summed E-state index contributed by atoms with van der Waals surface area (Å²) in [6.07, 6.45) is 1.09. The zero-order valence-electron chi connectivity index (χ0n) is 8.64. The van der Waals surface area contributed by atoms with E-state index in [1.807, 2.05) is 0 Å². The molecule has 5 heteroatoms. The van der Waals surface area contributed by atoms with Gasteiger partial charge >= 0.3 is 5.97 Å². The van der Waals surface area contributed by atoms with E-state index in [2.05, 4.69) is 9.72 Å². The van der Waals surface area contributed by atoms with Crippen LogP contribution in [0.2, 0.25) is 0 Å². The predicted molar refractivity (Wildman–Crippen MR) is 57.6 cm³/mol. The molecule has 82 valence electrons. The van der Waals surface area contributed by atoms with Crippen LogP contribution in [0, 0.1) is 0 Å². The number of nitrogens with zero attached hydrogens (tertiary/aromatic N) is 1. The molecule has 1 heterocycles. The number of aliphatic hydroxyl groups excluding tert-OH is 1. The zero-order chi connectivity index (χ0) is 11.3. The van der Waals surface area contributed by atoms with Crippen LogP contribution in [0.1, 0.15) is 18.6 Å². The number of carbonyl (C=O) groups is 1. The van der Waals surface area contributed by atoms with Crippen LogP contribution < -0.4 is 0 Å². The molecule has 1 unspecified atom stereocenters. The first kappa shape index (κ1) is 12.0. The second-order valence-corrected chi connectivity index (χ2v) is 3.96. The normalized spacial score (nSPS) is 12.2. The van der Waals surface area contributed by atoms with Crippen LogP contribution in [0.5, 0.6) is 0 Å². The molecule has 1 rings (SSSR count). The van der Waals surface area contributed by atoms with Gasteiger partial charge in [0.2, 0.25) is 0 Å². The summed E-state index contributed by atoms with van der Waals surface area (Å²) in [7, 11) is 1.35. The molecule has 0 saturated heterocycles. The Morgan fingerprint density at radius 1 is 1.73 bits per heavy atom. The maximum absolute atomic E-state index is 10.9. The molecule has 0 fully saturated rings. The quantitative estimate of drug-likeness (QED) is 0.622. The van der Waals surface area contributed by atoms with Crippen molar-refractivity contribution >= 4 is 17.7 Å². The summed E-state index contributed by atoms with van der Waals surface area (Å²) in [5.74, 6) is -0.0588. The van der Waals surface area contributed by atoms with Gasteiger partial charge in [0.25, 0.3) is 0 Å². The van der Waals surface area contributed by atoms with Crippen LogP contribution in [0.25, 0.3) is 0 Å². The Morgan fingerprint density at radius 3 is 3.07 bits per heavy atom. The molecule has 0 radical (unpaired) electrons. The van der Waals surface area contributed by atoms with Crippen LogP contribution in [0.15, 0.2) is 23.4 Å². The van der Waals surface area contributed by atoms with E-state index in [1.165, 1.54) is 18.9 Å². The smallest absolute Gasteiger partial charge is 0.316 e. The Bertz CT molecular complexity index is 341. The Kier molecular flexibility index (Phi) is 4.58. The number of thioether (sulfide) groups is 1. The Morgan fingerprint density at radius 2 is 2.47 bits per heavy atom. The Hall–Kier alpha value is -1.07. The number of ether oxygens (including phenoxy) is 1. The lowest BCUT2D eigenvalue weighted by atomic mass is 10.2. The standard InChI is InChI=1S/C10H13NO3S/c1-7(12)8-3-4-11-9(5-8)15-6-10(13)14-2/h3-5,7,12H,6H2,1-2H3. The van der Waals surface area contributed by atoms with E-state index in [0.717, 1.165) is 5.56 Å². The van der Waals surface area contributed by atoms with E-state index >= 15 is 0 Å². The van der Waals surface area contributed by atoms with Gasteiger partial charge in [0.15, 0.2) is 0 Å². The first-order valence-corrected chi connectivity index (χ1v) is 5.45. The topological polar surface area (TPSA) is 59.4 Å². The first-order valence-electron chi connectivity index (χ1n) is 4.47. The average molecular weight is 227 g/mol. The van der Waals surface area contributed by atoms with Gasteiger partial charge in [-0.05, 0) is 24.6 Å². The molecule has 0 aliphatic carbocycles. The first-order chi connectivity index (χ1) is 7.13. The van der Waals surface area contributed by atoms with Gasteiger partial charge in [-0.2, -0.15) is 0 Å². The van der Waals surface area contributed by atoms with Crippen LogP contribution in [0.4, 0.5) is 0 Å². The third kappa shape index (κ3) is 3.89. The fraction of sp³-hybridized carbons (Fsp3) is 0.400. The van der Waals surface area contributed by atoms with Crippen molar-refractivity contribution < 1.29 is 14.6 Å². The Balaban J connectivity index is 2.61. The fourth-order valence-corrected chi connectivity index (χ4v) is 1.69. The second-order valence-electron chi connectivity index (χ2n) is 2.97. The van der Waals surface area contributed by atoms with Gasteiger partial charge in [0.1, 0.15) is 0 Å². The second kappa shape index (κ2) is 5.72. The number of hydrogen-bond acceptors (Lipinski definition) is 5. The minimum absolute atomic E-state index is 0.229. The molecule has 0 aliphatic rings. The molecule has 1 atom stereocenters. The minimum atomic E-state index is -0.523. The molecule has 0 aliphatic heterocycles. The molecule has 0 bridgehead atoms. The maximum Gasteiger partial charge on any atom is 0.316 e. The maximum atomic E-state index is 10.9. The molecule has 15 heavy (non-hydrogen) atoms. The summed E-state index contributed by atoms with van der Waals surface area (Å²) in [6.45, 7) is 1.68. The molecule has 0 amide bonds. The largest absolute Gasteiger partial charge is 0.468 e. The lowest BCUT2D eigenvalue weighted by Crippen LogP contribution is -2.03. The average Bonchev–Trinajstić information content (AvgIpc) is 2.26. The molecule has 4 nitrogen and oxygen atoms in total.